The first kappa shape index (κ1) is 31.7. The number of anilines is 2. The maximum absolute atomic E-state index is 15.3. The maximum atomic E-state index is 15.3. The molecule has 0 fully saturated rings. The van der Waals surface area contributed by atoms with Crippen LogP contribution in [0.1, 0.15) is 58.2 Å². The van der Waals surface area contributed by atoms with Crippen molar-refractivity contribution in [2.24, 2.45) is 7.05 Å². The summed E-state index contributed by atoms with van der Waals surface area (Å²) in [6, 6.07) is 13.8. The number of hydrogen-bond acceptors (Lipinski definition) is 7. The Balaban J connectivity index is 1.57. The quantitative estimate of drug-likeness (QED) is 0.208. The SMILES string of the molecule is CCNC(C)(C)c1ccc(Nc2cc(-c3cccc(-n4ncc5cc(C(C)(C)C)cc(F)c5c4=O)c3CO)cn(C)c2=O)nc1. The molecule has 5 aromatic rings. The molecule has 0 saturated carbocycles. The highest BCUT2D eigenvalue weighted by molar-refractivity contribution is 5.83. The largest absolute Gasteiger partial charge is 0.392 e. The first-order chi connectivity index (χ1) is 21.2. The Kier molecular flexibility index (Phi) is 8.48. The smallest absolute Gasteiger partial charge is 0.282 e. The number of aliphatic hydroxyl groups is 1. The zero-order valence-corrected chi connectivity index (χ0v) is 26.7. The third kappa shape index (κ3) is 6.16. The Hall–Kier alpha value is -4.67. The van der Waals surface area contributed by atoms with Crippen molar-refractivity contribution in [3.63, 3.8) is 0 Å². The van der Waals surface area contributed by atoms with Crippen LogP contribution in [0.25, 0.3) is 27.6 Å². The van der Waals surface area contributed by atoms with Gasteiger partial charge < -0.3 is 20.3 Å². The van der Waals surface area contributed by atoms with Crippen LogP contribution < -0.4 is 21.8 Å². The van der Waals surface area contributed by atoms with Crippen LogP contribution in [0.4, 0.5) is 15.9 Å². The molecule has 0 aliphatic heterocycles. The highest BCUT2D eigenvalue weighted by Gasteiger charge is 2.22. The van der Waals surface area contributed by atoms with Crippen molar-refractivity contribution in [1.82, 2.24) is 24.6 Å². The summed E-state index contributed by atoms with van der Waals surface area (Å²) in [6.07, 6.45) is 4.90. The van der Waals surface area contributed by atoms with Crippen LogP contribution in [0.15, 0.2) is 76.7 Å². The van der Waals surface area contributed by atoms with Crippen LogP contribution in [0.5, 0.6) is 0 Å². The van der Waals surface area contributed by atoms with E-state index in [-0.39, 0.29) is 27.6 Å². The Morgan fingerprint density at radius 1 is 0.956 bits per heavy atom. The molecule has 0 amide bonds. The first-order valence-electron chi connectivity index (χ1n) is 14.9. The Morgan fingerprint density at radius 3 is 2.36 bits per heavy atom. The molecule has 0 spiro atoms. The minimum atomic E-state index is -0.632. The van der Waals surface area contributed by atoms with E-state index in [9.17, 15) is 14.7 Å². The van der Waals surface area contributed by atoms with Crippen molar-refractivity contribution in [3.05, 3.63) is 110 Å². The van der Waals surface area contributed by atoms with Gasteiger partial charge in [0.25, 0.3) is 11.1 Å². The summed E-state index contributed by atoms with van der Waals surface area (Å²) in [6.45, 7) is 12.5. The second-order valence-electron chi connectivity index (χ2n) is 12.8. The van der Waals surface area contributed by atoms with E-state index < -0.39 is 18.0 Å². The average molecular weight is 611 g/mol. The minimum Gasteiger partial charge on any atom is -0.392 e. The molecule has 5 rings (SSSR count). The van der Waals surface area contributed by atoms with Crippen LogP contribution in [0.3, 0.4) is 0 Å². The summed E-state index contributed by atoms with van der Waals surface area (Å²) in [5.74, 6) is -0.124. The van der Waals surface area contributed by atoms with Gasteiger partial charge in [-0.25, -0.2) is 9.37 Å². The van der Waals surface area contributed by atoms with Gasteiger partial charge in [0.15, 0.2) is 0 Å². The zero-order chi connectivity index (χ0) is 32.7. The average Bonchev–Trinajstić information content (AvgIpc) is 2.98. The molecule has 0 saturated heterocycles. The van der Waals surface area contributed by atoms with Crippen LogP contribution in [-0.2, 0) is 24.6 Å². The highest BCUT2D eigenvalue weighted by Crippen LogP contribution is 2.31. The Morgan fingerprint density at radius 2 is 1.71 bits per heavy atom. The molecule has 0 aliphatic carbocycles. The van der Waals surface area contributed by atoms with Crippen LogP contribution in [0.2, 0.25) is 0 Å². The summed E-state index contributed by atoms with van der Waals surface area (Å²) < 4.78 is 17.9. The molecule has 0 bridgehead atoms. The molecule has 234 valence electrons. The fourth-order valence-corrected chi connectivity index (χ4v) is 5.52. The van der Waals surface area contributed by atoms with E-state index >= 15 is 4.39 Å². The number of nitrogens with zero attached hydrogens (tertiary/aromatic N) is 4. The van der Waals surface area contributed by atoms with Gasteiger partial charge in [-0.3, -0.25) is 9.59 Å². The Labute approximate surface area is 261 Å². The number of pyridine rings is 2. The molecular weight excluding hydrogens is 571 g/mol. The van der Waals surface area contributed by atoms with Crippen LogP contribution in [0, 0.1) is 5.82 Å². The van der Waals surface area contributed by atoms with Crippen molar-refractivity contribution in [2.45, 2.75) is 59.1 Å². The number of hydrogen-bond donors (Lipinski definition) is 3. The fraction of sp³-hybridized carbons (Fsp3) is 0.314. The molecule has 3 aromatic heterocycles. The zero-order valence-electron chi connectivity index (χ0n) is 26.7. The monoisotopic (exact) mass is 610 g/mol. The van der Waals surface area contributed by atoms with Gasteiger partial charge in [-0.05, 0) is 72.8 Å². The van der Waals surface area contributed by atoms with Crippen LogP contribution >= 0.6 is 0 Å². The third-order valence-corrected chi connectivity index (χ3v) is 8.10. The van der Waals surface area contributed by atoms with E-state index in [2.05, 4.69) is 34.6 Å². The lowest BCUT2D eigenvalue weighted by Crippen LogP contribution is -2.36. The van der Waals surface area contributed by atoms with E-state index in [0.717, 1.165) is 22.4 Å². The number of rotatable bonds is 8. The summed E-state index contributed by atoms with van der Waals surface area (Å²) >= 11 is 0. The summed E-state index contributed by atoms with van der Waals surface area (Å²) in [5.41, 5.74) is 2.49. The number of aromatic nitrogens is 4. The topological polar surface area (TPSA) is 114 Å². The van der Waals surface area contributed by atoms with Crippen molar-refractivity contribution in [3.8, 4) is 16.8 Å². The van der Waals surface area contributed by atoms with Gasteiger partial charge in [-0.15, -0.1) is 0 Å². The first-order valence-corrected chi connectivity index (χ1v) is 14.9. The van der Waals surface area contributed by atoms with Gasteiger partial charge in [0.05, 0.1) is 23.9 Å². The molecule has 10 heteroatoms. The van der Waals surface area contributed by atoms with E-state index in [1.165, 1.54) is 16.8 Å². The second kappa shape index (κ2) is 12.0. The summed E-state index contributed by atoms with van der Waals surface area (Å²) in [4.78, 5) is 31.3. The van der Waals surface area contributed by atoms with Crippen molar-refractivity contribution >= 4 is 22.3 Å². The molecule has 45 heavy (non-hydrogen) atoms. The van der Waals surface area contributed by atoms with E-state index in [4.69, 9.17) is 0 Å². The Bertz CT molecular complexity index is 2010. The summed E-state index contributed by atoms with van der Waals surface area (Å²) in [7, 11) is 1.64. The standard InChI is InChI=1S/C35H39FN6O3/c1-8-38-35(5,6)23-12-13-30(37-18-23)40-28-15-22(19-41(7)32(28)44)25-10-9-11-29(26(25)20-43)42-33(45)31-21(17-39-42)14-24(16-27(31)36)34(2,3)4/h9-19,38,43H,8,20H2,1-7H3,(H,37,40). The van der Waals surface area contributed by atoms with E-state index in [1.807, 2.05) is 39.8 Å². The van der Waals surface area contributed by atoms with Gasteiger partial charge in [0.2, 0.25) is 0 Å². The number of benzene rings is 2. The molecule has 0 radical (unpaired) electrons. The lowest BCUT2D eigenvalue weighted by molar-refractivity contribution is 0.282. The van der Waals surface area contributed by atoms with Crippen molar-refractivity contribution < 1.29 is 9.50 Å². The molecule has 9 nitrogen and oxygen atoms in total. The van der Waals surface area contributed by atoms with Crippen molar-refractivity contribution in [1.29, 1.82) is 0 Å². The molecule has 0 unspecified atom stereocenters. The predicted molar refractivity (Wildman–Crippen MR) is 177 cm³/mol. The minimum absolute atomic E-state index is 0.0757. The summed E-state index contributed by atoms with van der Waals surface area (Å²) in [5, 5.41) is 21.8. The number of aryl methyl sites for hydroxylation is 1. The molecule has 2 aromatic carbocycles. The molecule has 0 atom stereocenters. The van der Waals surface area contributed by atoms with Gasteiger partial charge in [0, 0.05) is 41.5 Å². The lowest BCUT2D eigenvalue weighted by Gasteiger charge is -2.26. The third-order valence-electron chi connectivity index (χ3n) is 8.10. The molecule has 3 heterocycles. The van der Waals surface area contributed by atoms with E-state index in [0.29, 0.717) is 33.6 Å². The predicted octanol–water partition coefficient (Wildman–Crippen LogP) is 5.66. The van der Waals surface area contributed by atoms with Gasteiger partial charge in [-0.1, -0.05) is 45.9 Å². The molecular formula is C35H39FN6O3. The number of aliphatic hydroxyl groups excluding tert-OH is 1. The fourth-order valence-electron chi connectivity index (χ4n) is 5.52. The van der Waals surface area contributed by atoms with Crippen molar-refractivity contribution in [2.75, 3.05) is 11.9 Å². The highest BCUT2D eigenvalue weighted by atomic mass is 19.1. The maximum Gasteiger partial charge on any atom is 0.282 e. The molecule has 0 aliphatic rings. The number of fused-ring (bicyclic) bond motifs is 1. The van der Waals surface area contributed by atoms with Gasteiger partial charge >= 0.3 is 0 Å². The second-order valence-corrected chi connectivity index (χ2v) is 12.8. The van der Waals surface area contributed by atoms with E-state index in [1.54, 1.807) is 49.8 Å². The normalized spacial score (nSPS) is 12.1. The van der Waals surface area contributed by atoms with Crippen LogP contribution in [-0.4, -0.2) is 31.0 Å². The molecule has 3 N–H and O–H groups in total. The number of halogens is 1. The lowest BCUT2D eigenvalue weighted by atomic mass is 9.86. The van der Waals surface area contributed by atoms with Gasteiger partial charge in [0.1, 0.15) is 17.3 Å². The van der Waals surface area contributed by atoms with Gasteiger partial charge in [-0.2, -0.15) is 9.78 Å². The number of nitrogens with one attached hydrogen (secondary N) is 2.